The standard InChI is InChI=1S/C13H15NO3/c1-9-8-12(16)14(13(9)17)11-4-2-10(3-5-11)6-7-15/h2-5,9,15H,6-8H2,1H3. The second-order valence-electron chi connectivity index (χ2n) is 4.31. The van der Waals surface area contributed by atoms with E-state index < -0.39 is 0 Å². The Bertz CT molecular complexity index is 438. The number of aliphatic hydroxyl groups is 1. The molecule has 17 heavy (non-hydrogen) atoms. The molecule has 0 spiro atoms. The van der Waals surface area contributed by atoms with Crippen molar-refractivity contribution in [2.45, 2.75) is 19.8 Å². The highest BCUT2D eigenvalue weighted by molar-refractivity contribution is 6.20. The van der Waals surface area contributed by atoms with Crippen molar-refractivity contribution in [1.82, 2.24) is 0 Å². The van der Waals surface area contributed by atoms with E-state index in [0.717, 1.165) is 5.56 Å². The molecule has 4 heteroatoms. The quantitative estimate of drug-likeness (QED) is 0.796. The van der Waals surface area contributed by atoms with Crippen LogP contribution >= 0.6 is 0 Å². The van der Waals surface area contributed by atoms with Gasteiger partial charge < -0.3 is 5.11 Å². The highest BCUT2D eigenvalue weighted by atomic mass is 16.3. The van der Waals surface area contributed by atoms with E-state index in [9.17, 15) is 9.59 Å². The van der Waals surface area contributed by atoms with Crippen LogP contribution < -0.4 is 4.90 Å². The summed E-state index contributed by atoms with van der Waals surface area (Å²) in [5.41, 5.74) is 1.61. The summed E-state index contributed by atoms with van der Waals surface area (Å²) in [6.07, 6.45) is 0.871. The van der Waals surface area contributed by atoms with Gasteiger partial charge in [0.25, 0.3) is 0 Å². The fourth-order valence-electron chi connectivity index (χ4n) is 2.00. The third kappa shape index (κ3) is 2.22. The molecule has 2 rings (SSSR count). The molecule has 1 aliphatic rings. The molecule has 0 aromatic heterocycles. The summed E-state index contributed by atoms with van der Waals surface area (Å²) in [5.74, 6) is -0.498. The molecule has 90 valence electrons. The van der Waals surface area contributed by atoms with E-state index in [1.54, 1.807) is 19.1 Å². The number of rotatable bonds is 3. The van der Waals surface area contributed by atoms with Crippen LogP contribution in [0.1, 0.15) is 18.9 Å². The number of amides is 2. The van der Waals surface area contributed by atoms with E-state index in [1.807, 2.05) is 12.1 Å². The lowest BCUT2D eigenvalue weighted by atomic mass is 10.1. The predicted molar refractivity (Wildman–Crippen MR) is 63.5 cm³/mol. The maximum atomic E-state index is 11.8. The first-order valence-corrected chi connectivity index (χ1v) is 5.70. The Balaban J connectivity index is 2.22. The first-order chi connectivity index (χ1) is 8.13. The van der Waals surface area contributed by atoms with Crippen molar-refractivity contribution < 1.29 is 14.7 Å². The van der Waals surface area contributed by atoms with Crippen LogP contribution in [0.2, 0.25) is 0 Å². The summed E-state index contributed by atoms with van der Waals surface area (Å²) in [7, 11) is 0. The highest BCUT2D eigenvalue weighted by Crippen LogP contribution is 2.26. The Morgan fingerprint density at radius 3 is 2.41 bits per heavy atom. The minimum atomic E-state index is -0.223. The molecule has 0 radical (unpaired) electrons. The Kier molecular flexibility index (Phi) is 3.24. The summed E-state index contributed by atoms with van der Waals surface area (Å²) in [5, 5.41) is 8.80. The fraction of sp³-hybridized carbons (Fsp3) is 0.385. The topological polar surface area (TPSA) is 57.6 Å². The van der Waals surface area contributed by atoms with Gasteiger partial charge in [-0.1, -0.05) is 19.1 Å². The van der Waals surface area contributed by atoms with E-state index in [4.69, 9.17) is 5.11 Å². The normalized spacial score (nSPS) is 20.1. The van der Waals surface area contributed by atoms with Crippen molar-refractivity contribution in [2.24, 2.45) is 5.92 Å². The zero-order chi connectivity index (χ0) is 12.4. The Morgan fingerprint density at radius 1 is 1.29 bits per heavy atom. The van der Waals surface area contributed by atoms with Gasteiger partial charge in [-0.15, -0.1) is 0 Å². The van der Waals surface area contributed by atoms with Gasteiger partial charge >= 0.3 is 0 Å². The number of benzene rings is 1. The van der Waals surface area contributed by atoms with Gasteiger partial charge in [0.15, 0.2) is 0 Å². The average Bonchev–Trinajstić information content (AvgIpc) is 2.55. The zero-order valence-electron chi connectivity index (χ0n) is 9.72. The fourth-order valence-corrected chi connectivity index (χ4v) is 2.00. The first kappa shape index (κ1) is 11.8. The van der Waals surface area contributed by atoms with Crippen molar-refractivity contribution in [1.29, 1.82) is 0 Å². The number of hydrogen-bond donors (Lipinski definition) is 1. The Labute approximate surface area is 99.9 Å². The highest BCUT2D eigenvalue weighted by Gasteiger charge is 2.36. The molecule has 1 atom stereocenters. The number of nitrogens with zero attached hydrogens (tertiary/aromatic N) is 1. The molecule has 1 fully saturated rings. The lowest BCUT2D eigenvalue weighted by Gasteiger charge is -2.14. The lowest BCUT2D eigenvalue weighted by Crippen LogP contribution is -2.29. The van der Waals surface area contributed by atoms with Gasteiger partial charge in [-0.05, 0) is 24.1 Å². The van der Waals surface area contributed by atoms with Crippen LogP contribution in [0.15, 0.2) is 24.3 Å². The van der Waals surface area contributed by atoms with Crippen LogP contribution in [0.25, 0.3) is 0 Å². The number of imide groups is 1. The third-order valence-electron chi connectivity index (χ3n) is 2.97. The van der Waals surface area contributed by atoms with E-state index in [1.165, 1.54) is 4.90 Å². The molecule has 1 unspecified atom stereocenters. The van der Waals surface area contributed by atoms with Crippen LogP contribution in [-0.2, 0) is 16.0 Å². The molecular weight excluding hydrogens is 218 g/mol. The molecule has 1 aliphatic heterocycles. The van der Waals surface area contributed by atoms with E-state index >= 15 is 0 Å². The molecule has 1 heterocycles. The number of carbonyl (C=O) groups excluding carboxylic acids is 2. The van der Waals surface area contributed by atoms with Crippen LogP contribution in [0.3, 0.4) is 0 Å². The number of anilines is 1. The van der Waals surface area contributed by atoms with Gasteiger partial charge in [0.2, 0.25) is 11.8 Å². The van der Waals surface area contributed by atoms with Gasteiger partial charge in [0, 0.05) is 18.9 Å². The number of carbonyl (C=O) groups is 2. The summed E-state index contributed by atoms with van der Waals surface area (Å²) in [6.45, 7) is 1.86. The molecule has 1 aromatic rings. The number of hydrogen-bond acceptors (Lipinski definition) is 3. The summed E-state index contributed by atoms with van der Waals surface area (Å²) < 4.78 is 0. The molecule has 4 nitrogen and oxygen atoms in total. The smallest absolute Gasteiger partial charge is 0.237 e. The van der Waals surface area contributed by atoms with Crippen LogP contribution in [0.4, 0.5) is 5.69 Å². The summed E-state index contributed by atoms with van der Waals surface area (Å²) in [4.78, 5) is 24.7. The molecule has 2 amide bonds. The van der Waals surface area contributed by atoms with E-state index in [2.05, 4.69) is 0 Å². The van der Waals surface area contributed by atoms with Gasteiger partial charge in [0.05, 0.1) is 5.69 Å². The zero-order valence-corrected chi connectivity index (χ0v) is 9.72. The molecule has 1 N–H and O–H groups in total. The van der Waals surface area contributed by atoms with Crippen molar-refractivity contribution in [3.8, 4) is 0 Å². The van der Waals surface area contributed by atoms with Crippen LogP contribution in [-0.4, -0.2) is 23.5 Å². The maximum Gasteiger partial charge on any atom is 0.237 e. The van der Waals surface area contributed by atoms with Crippen LogP contribution in [0, 0.1) is 5.92 Å². The van der Waals surface area contributed by atoms with Crippen molar-refractivity contribution in [2.75, 3.05) is 11.5 Å². The monoisotopic (exact) mass is 233 g/mol. The van der Waals surface area contributed by atoms with Gasteiger partial charge in [-0.2, -0.15) is 0 Å². The van der Waals surface area contributed by atoms with Crippen molar-refractivity contribution >= 4 is 17.5 Å². The molecule has 0 bridgehead atoms. The third-order valence-corrected chi connectivity index (χ3v) is 2.97. The minimum Gasteiger partial charge on any atom is -0.396 e. The predicted octanol–water partition coefficient (Wildman–Crippen LogP) is 1.12. The summed E-state index contributed by atoms with van der Waals surface area (Å²) >= 11 is 0. The van der Waals surface area contributed by atoms with Crippen molar-refractivity contribution in [3.05, 3.63) is 29.8 Å². The average molecular weight is 233 g/mol. The van der Waals surface area contributed by atoms with Gasteiger partial charge in [0.1, 0.15) is 0 Å². The van der Waals surface area contributed by atoms with E-state index in [-0.39, 0.29) is 30.8 Å². The first-order valence-electron chi connectivity index (χ1n) is 5.70. The van der Waals surface area contributed by atoms with Crippen LogP contribution in [0.5, 0.6) is 0 Å². The second kappa shape index (κ2) is 4.67. The molecular formula is C13H15NO3. The van der Waals surface area contributed by atoms with Crippen molar-refractivity contribution in [3.63, 3.8) is 0 Å². The van der Waals surface area contributed by atoms with Gasteiger partial charge in [-0.25, -0.2) is 0 Å². The van der Waals surface area contributed by atoms with E-state index in [0.29, 0.717) is 12.1 Å². The largest absolute Gasteiger partial charge is 0.396 e. The summed E-state index contributed by atoms with van der Waals surface area (Å²) in [6, 6.07) is 7.15. The Hall–Kier alpha value is -1.68. The van der Waals surface area contributed by atoms with Gasteiger partial charge in [-0.3, -0.25) is 14.5 Å². The molecule has 0 aliphatic carbocycles. The number of aliphatic hydroxyl groups excluding tert-OH is 1. The second-order valence-corrected chi connectivity index (χ2v) is 4.31. The Morgan fingerprint density at radius 2 is 1.94 bits per heavy atom. The maximum absolute atomic E-state index is 11.8. The molecule has 1 saturated heterocycles. The SMILES string of the molecule is CC1CC(=O)N(c2ccc(CCO)cc2)C1=O. The minimum absolute atomic E-state index is 0.0952. The molecule has 1 aromatic carbocycles. The molecule has 0 saturated carbocycles. The lowest BCUT2D eigenvalue weighted by molar-refractivity contribution is -0.122.